The third kappa shape index (κ3) is 4.43. The molecule has 1 aromatic rings. The van der Waals surface area contributed by atoms with Crippen molar-refractivity contribution in [3.8, 4) is 0 Å². The van der Waals surface area contributed by atoms with E-state index < -0.39 is 11.6 Å². The van der Waals surface area contributed by atoms with Gasteiger partial charge < -0.3 is 14.4 Å². The summed E-state index contributed by atoms with van der Waals surface area (Å²) in [7, 11) is 1.75. The number of hydrogen-bond acceptors (Lipinski definition) is 5. The highest BCUT2D eigenvalue weighted by atomic mass is 79.9. The molecule has 0 saturated carbocycles. The normalized spacial score (nSPS) is 16.7. The van der Waals surface area contributed by atoms with Gasteiger partial charge in [-0.2, -0.15) is 0 Å². The highest BCUT2D eigenvalue weighted by molar-refractivity contribution is 9.10. The number of hydrogen-bond donors (Lipinski definition) is 0. The summed E-state index contributed by atoms with van der Waals surface area (Å²) in [5.41, 5.74) is -0.216. The van der Waals surface area contributed by atoms with Crippen LogP contribution in [0.5, 0.6) is 0 Å². The number of carbonyl (C=O) groups is 1. The molecular weight excluding hydrogens is 348 g/mol. The quantitative estimate of drug-likeness (QED) is 0.763. The van der Waals surface area contributed by atoms with Crippen molar-refractivity contribution in [3.05, 3.63) is 22.3 Å². The second-order valence-corrected chi connectivity index (χ2v) is 7.28. The molecule has 0 aromatic carbocycles. The smallest absolute Gasteiger partial charge is 0.358 e. The summed E-state index contributed by atoms with van der Waals surface area (Å²) in [6.07, 6.45) is 2.25. The lowest BCUT2D eigenvalue weighted by Gasteiger charge is -2.32. The van der Waals surface area contributed by atoms with Crippen LogP contribution in [0.15, 0.2) is 16.6 Å². The predicted octanol–water partition coefficient (Wildman–Crippen LogP) is 3.41. The molecule has 2 rings (SSSR count). The number of ether oxygens (including phenoxy) is 2. The molecule has 6 heteroatoms. The Bertz CT molecular complexity index is 535. The maximum Gasteiger partial charge on any atom is 0.358 e. The molecule has 0 amide bonds. The predicted molar refractivity (Wildman–Crippen MR) is 89.3 cm³/mol. The summed E-state index contributed by atoms with van der Waals surface area (Å²) < 4.78 is 11.4. The number of pyridine rings is 1. The number of aromatic nitrogens is 1. The highest BCUT2D eigenvalue weighted by Crippen LogP contribution is 2.25. The first-order valence-electron chi connectivity index (χ1n) is 7.48. The molecule has 1 saturated heterocycles. The van der Waals surface area contributed by atoms with E-state index in [4.69, 9.17) is 9.47 Å². The van der Waals surface area contributed by atoms with Gasteiger partial charge >= 0.3 is 5.97 Å². The lowest BCUT2D eigenvalue weighted by Crippen LogP contribution is -2.37. The van der Waals surface area contributed by atoms with Gasteiger partial charge in [0.25, 0.3) is 0 Å². The Hall–Kier alpha value is -1.14. The summed E-state index contributed by atoms with van der Waals surface area (Å²) in [5, 5.41) is 0. The van der Waals surface area contributed by atoms with Crippen molar-refractivity contribution in [2.45, 2.75) is 45.3 Å². The molecule has 1 aliphatic rings. The lowest BCUT2D eigenvalue weighted by atomic mass is 10.1. The van der Waals surface area contributed by atoms with Crippen LogP contribution in [0.1, 0.15) is 44.1 Å². The first-order chi connectivity index (χ1) is 10.3. The van der Waals surface area contributed by atoms with Crippen molar-refractivity contribution in [1.82, 2.24) is 4.98 Å². The van der Waals surface area contributed by atoms with Crippen LogP contribution in [0.3, 0.4) is 0 Å². The van der Waals surface area contributed by atoms with Crippen molar-refractivity contribution in [2.75, 3.05) is 25.1 Å². The van der Waals surface area contributed by atoms with Gasteiger partial charge in [0.2, 0.25) is 0 Å². The van der Waals surface area contributed by atoms with Gasteiger partial charge in [0.05, 0.1) is 10.6 Å². The molecule has 5 nitrogen and oxygen atoms in total. The second kappa shape index (κ2) is 6.96. The third-order valence-corrected chi connectivity index (χ3v) is 4.16. The number of rotatable bonds is 3. The molecule has 1 fully saturated rings. The molecule has 2 heterocycles. The Balaban J connectivity index is 2.15. The van der Waals surface area contributed by atoms with Crippen molar-refractivity contribution in [2.24, 2.45) is 0 Å². The summed E-state index contributed by atoms with van der Waals surface area (Å²) >= 11 is 3.38. The van der Waals surface area contributed by atoms with E-state index in [0.29, 0.717) is 16.3 Å². The first kappa shape index (κ1) is 17.2. The van der Waals surface area contributed by atoms with Gasteiger partial charge in [-0.3, -0.25) is 0 Å². The zero-order chi connectivity index (χ0) is 16.3. The van der Waals surface area contributed by atoms with E-state index in [1.807, 2.05) is 32.9 Å². The average molecular weight is 371 g/mol. The van der Waals surface area contributed by atoms with Crippen molar-refractivity contribution < 1.29 is 14.3 Å². The first-order valence-corrected chi connectivity index (χ1v) is 8.27. The van der Waals surface area contributed by atoms with E-state index in [2.05, 4.69) is 25.8 Å². The number of anilines is 1. The standard InChI is InChI=1S/C16H23BrN2O3/c1-16(2,3)22-15(20)14-12(17)5-6-13(18-14)19-9-7-11(21-4)8-10-19/h5-6,11H,7-10H2,1-4H3. The van der Waals surface area contributed by atoms with Gasteiger partial charge in [-0.05, 0) is 61.7 Å². The van der Waals surface area contributed by atoms with Crippen LogP contribution in [0.4, 0.5) is 5.82 Å². The maximum atomic E-state index is 12.3. The van der Waals surface area contributed by atoms with Gasteiger partial charge in [0.1, 0.15) is 11.4 Å². The number of methoxy groups -OCH3 is 1. The molecule has 0 bridgehead atoms. The zero-order valence-electron chi connectivity index (χ0n) is 13.6. The van der Waals surface area contributed by atoms with Gasteiger partial charge in [0.15, 0.2) is 5.69 Å². The Kier molecular flexibility index (Phi) is 5.45. The molecule has 0 spiro atoms. The Morgan fingerprint density at radius 2 is 1.95 bits per heavy atom. The summed E-state index contributed by atoms with van der Waals surface area (Å²) in [5.74, 6) is 0.395. The molecular formula is C16H23BrN2O3. The van der Waals surface area contributed by atoms with Crippen LogP contribution in [-0.2, 0) is 9.47 Å². The molecule has 0 aliphatic carbocycles. The van der Waals surface area contributed by atoms with E-state index in [1.54, 1.807) is 7.11 Å². The van der Waals surface area contributed by atoms with Crippen LogP contribution in [0.2, 0.25) is 0 Å². The number of piperidine rings is 1. The Labute approximate surface area is 140 Å². The maximum absolute atomic E-state index is 12.3. The average Bonchev–Trinajstić information content (AvgIpc) is 2.46. The van der Waals surface area contributed by atoms with Gasteiger partial charge in [0, 0.05) is 20.2 Å². The SMILES string of the molecule is COC1CCN(c2ccc(Br)c(C(=O)OC(C)(C)C)n2)CC1. The molecule has 22 heavy (non-hydrogen) atoms. The van der Waals surface area contributed by atoms with E-state index in [1.165, 1.54) is 0 Å². The summed E-state index contributed by atoms with van der Waals surface area (Å²) in [6.45, 7) is 7.29. The van der Waals surface area contributed by atoms with Gasteiger partial charge in [-0.1, -0.05) is 0 Å². The molecule has 0 atom stereocenters. The van der Waals surface area contributed by atoms with Crippen LogP contribution in [-0.4, -0.2) is 42.9 Å². The van der Waals surface area contributed by atoms with Crippen molar-refractivity contribution in [3.63, 3.8) is 0 Å². The number of esters is 1. The Morgan fingerprint density at radius 1 is 1.32 bits per heavy atom. The number of halogens is 1. The number of carbonyl (C=O) groups excluding carboxylic acids is 1. The highest BCUT2D eigenvalue weighted by Gasteiger charge is 2.24. The lowest BCUT2D eigenvalue weighted by molar-refractivity contribution is 0.00617. The molecule has 1 aliphatic heterocycles. The van der Waals surface area contributed by atoms with Crippen molar-refractivity contribution >= 4 is 27.7 Å². The fourth-order valence-corrected chi connectivity index (χ4v) is 2.78. The third-order valence-electron chi connectivity index (χ3n) is 3.52. The van der Waals surface area contributed by atoms with E-state index in [0.717, 1.165) is 31.7 Å². The largest absolute Gasteiger partial charge is 0.455 e. The zero-order valence-corrected chi connectivity index (χ0v) is 15.1. The summed E-state index contributed by atoms with van der Waals surface area (Å²) in [4.78, 5) is 18.9. The van der Waals surface area contributed by atoms with Crippen LogP contribution < -0.4 is 4.90 Å². The minimum atomic E-state index is -0.537. The monoisotopic (exact) mass is 370 g/mol. The molecule has 122 valence electrons. The minimum absolute atomic E-state index is 0.317. The fraction of sp³-hybridized carbons (Fsp3) is 0.625. The van der Waals surface area contributed by atoms with Gasteiger partial charge in [-0.25, -0.2) is 9.78 Å². The fourth-order valence-electron chi connectivity index (χ4n) is 2.40. The number of nitrogens with zero attached hydrogens (tertiary/aromatic N) is 2. The Morgan fingerprint density at radius 3 is 2.50 bits per heavy atom. The minimum Gasteiger partial charge on any atom is -0.455 e. The molecule has 0 unspecified atom stereocenters. The van der Waals surface area contributed by atoms with E-state index in [9.17, 15) is 4.79 Å². The second-order valence-electron chi connectivity index (χ2n) is 6.42. The molecule has 1 aromatic heterocycles. The topological polar surface area (TPSA) is 51.7 Å². The molecule has 0 N–H and O–H groups in total. The van der Waals surface area contributed by atoms with Gasteiger partial charge in [-0.15, -0.1) is 0 Å². The summed E-state index contributed by atoms with van der Waals surface area (Å²) in [6, 6.07) is 3.77. The van der Waals surface area contributed by atoms with Crippen molar-refractivity contribution in [1.29, 1.82) is 0 Å². The van der Waals surface area contributed by atoms with Crippen LogP contribution >= 0.6 is 15.9 Å². The molecule has 0 radical (unpaired) electrons. The van der Waals surface area contributed by atoms with E-state index in [-0.39, 0.29) is 0 Å². The van der Waals surface area contributed by atoms with Crippen LogP contribution in [0, 0.1) is 0 Å². The van der Waals surface area contributed by atoms with E-state index >= 15 is 0 Å². The van der Waals surface area contributed by atoms with Crippen LogP contribution in [0.25, 0.3) is 0 Å².